The number of nitrogens with one attached hydrogen (secondary N) is 3. The van der Waals surface area contributed by atoms with Gasteiger partial charge in [0.15, 0.2) is 5.65 Å². The highest BCUT2D eigenvalue weighted by atomic mass is 32.1. The Balaban J connectivity index is 0.657. The molecule has 17 heteroatoms. The molecule has 72 heavy (non-hydrogen) atoms. The predicted molar refractivity (Wildman–Crippen MR) is 276 cm³/mol. The summed E-state index contributed by atoms with van der Waals surface area (Å²) in [6.45, 7) is 13.1. The number of piperidine rings is 1. The summed E-state index contributed by atoms with van der Waals surface area (Å²) in [5.41, 5.74) is 9.78. The van der Waals surface area contributed by atoms with Crippen molar-refractivity contribution in [3.05, 3.63) is 101 Å². The van der Waals surface area contributed by atoms with Gasteiger partial charge in [-0.3, -0.25) is 14.4 Å². The standard InChI is InChI=1S/C55H65N11O5S/c1-31-47(72-30-58-31)35-12-10-33(11-13-35)28-57-51(70)44-22-38(67)29-66(44)52(71)48(54(3,4)5)61-50(69)36-24-55(25-36)26-37(27-55)64-19-15-34(16-20-64)41-14-18-56-53(60-41)65-21-17-42-46(32(65)2)40-23-43(62-63-49(40)59-42)39-8-6-7-9-45(39)68/h6-14,18,23,30,32,34,36-38,44,48,67-68H,15-17,19-22,24-29H2,1-5H3,(H,57,70)(H,59,63)(H,61,69)/t32-,36?,37?,38+,44-,48+,55?/m0/s1. The number of para-hydroxylation sites is 1. The Labute approximate surface area is 424 Å². The third-order valence-electron chi connectivity index (χ3n) is 16.5. The highest BCUT2D eigenvalue weighted by Gasteiger charge is 2.57. The van der Waals surface area contributed by atoms with Crippen molar-refractivity contribution < 1.29 is 24.6 Å². The maximum Gasteiger partial charge on any atom is 0.246 e. The zero-order valence-corrected chi connectivity index (χ0v) is 42.6. The number of aryl methyl sites for hydroxylation is 1. The molecule has 6 aromatic rings. The molecular weight excluding hydrogens is 927 g/mol. The van der Waals surface area contributed by atoms with Gasteiger partial charge in [-0.1, -0.05) is 57.2 Å². The van der Waals surface area contributed by atoms with Crippen LogP contribution in [0.5, 0.6) is 5.75 Å². The number of likely N-dealkylation sites (tertiary alicyclic amines) is 2. The number of nitrogens with zero attached hydrogens (tertiary/aromatic N) is 8. The summed E-state index contributed by atoms with van der Waals surface area (Å²) < 4.78 is 0. The number of phenols is 1. The van der Waals surface area contributed by atoms with Crippen molar-refractivity contribution in [3.63, 3.8) is 0 Å². The number of aliphatic hydroxyl groups is 1. The van der Waals surface area contributed by atoms with Gasteiger partial charge >= 0.3 is 0 Å². The molecule has 2 aromatic carbocycles. The van der Waals surface area contributed by atoms with E-state index in [0.29, 0.717) is 29.8 Å². The van der Waals surface area contributed by atoms with E-state index in [1.54, 1.807) is 23.5 Å². The molecule has 2 saturated carbocycles. The minimum atomic E-state index is -0.845. The van der Waals surface area contributed by atoms with E-state index in [1.807, 2.05) is 81.9 Å². The maximum atomic E-state index is 14.3. The number of rotatable bonds is 11. The summed E-state index contributed by atoms with van der Waals surface area (Å²) in [5, 5.41) is 37.3. The number of hydrogen-bond donors (Lipinski definition) is 5. The molecule has 4 fully saturated rings. The summed E-state index contributed by atoms with van der Waals surface area (Å²) >= 11 is 1.59. The summed E-state index contributed by atoms with van der Waals surface area (Å²) in [6, 6.07) is 18.1. The molecule has 5 N–H and O–H groups in total. The van der Waals surface area contributed by atoms with Gasteiger partial charge in [-0.05, 0) is 112 Å². The van der Waals surface area contributed by atoms with Gasteiger partial charge in [-0.15, -0.1) is 21.5 Å². The van der Waals surface area contributed by atoms with E-state index < -0.39 is 23.6 Å². The van der Waals surface area contributed by atoms with Crippen LogP contribution in [0.1, 0.15) is 113 Å². The van der Waals surface area contributed by atoms with E-state index >= 15 is 0 Å². The molecular formula is C55H65N11O5S. The fourth-order valence-electron chi connectivity index (χ4n) is 12.4. The van der Waals surface area contributed by atoms with Crippen molar-refractivity contribution in [1.29, 1.82) is 0 Å². The Morgan fingerprint density at radius 2 is 1.72 bits per heavy atom. The second-order valence-corrected chi connectivity index (χ2v) is 23.1. The molecule has 2 saturated heterocycles. The number of aromatic nitrogens is 6. The number of anilines is 1. The zero-order valence-electron chi connectivity index (χ0n) is 41.8. The molecule has 3 amide bonds. The van der Waals surface area contributed by atoms with Crippen molar-refractivity contribution in [1.82, 2.24) is 50.6 Å². The van der Waals surface area contributed by atoms with E-state index in [1.165, 1.54) is 10.5 Å². The van der Waals surface area contributed by atoms with Gasteiger partial charge in [-0.25, -0.2) is 15.0 Å². The Hall–Kier alpha value is -6.30. The average Bonchev–Trinajstić information content (AvgIpc) is 4.08. The van der Waals surface area contributed by atoms with Crippen LogP contribution in [0, 0.1) is 23.7 Å². The molecule has 376 valence electrons. The molecule has 0 unspecified atom stereocenters. The fourth-order valence-corrected chi connectivity index (χ4v) is 13.3. The average molecular weight is 992 g/mol. The van der Waals surface area contributed by atoms with E-state index in [4.69, 9.17) is 9.97 Å². The molecule has 2 aliphatic carbocycles. The molecule has 1 spiro atoms. The number of carbonyl (C=O) groups is 3. The fraction of sp³-hybridized carbons (Fsp3) is 0.491. The SMILES string of the molecule is Cc1ncsc1-c1ccc(CNC(=O)[C@@H]2C[C@@H](O)CN2C(=O)[C@@H](NC(=O)C2CC3(C2)CC(N2CCC(c4ccnc(N5CCc6[nH]c7nnc(-c8ccccc8O)cc7c6[C@@H]5C)n4)CC2)C3)C(C)(C)C)cc1. The van der Waals surface area contributed by atoms with Crippen LogP contribution in [0.3, 0.4) is 0 Å². The molecule has 0 radical (unpaired) electrons. The van der Waals surface area contributed by atoms with Gasteiger partial charge < -0.3 is 40.5 Å². The number of amides is 3. The number of benzene rings is 2. The lowest BCUT2D eigenvalue weighted by atomic mass is 9.49. The highest BCUT2D eigenvalue weighted by Crippen LogP contribution is 2.60. The Morgan fingerprint density at radius 3 is 2.44 bits per heavy atom. The van der Waals surface area contributed by atoms with Gasteiger partial charge in [0.1, 0.15) is 17.8 Å². The normalized spacial score (nSPS) is 24.9. The van der Waals surface area contributed by atoms with Crippen LogP contribution in [0.2, 0.25) is 0 Å². The highest BCUT2D eigenvalue weighted by molar-refractivity contribution is 7.13. The molecule has 11 rings (SSSR count). The van der Waals surface area contributed by atoms with Crippen LogP contribution in [-0.4, -0.2) is 118 Å². The van der Waals surface area contributed by atoms with Crippen LogP contribution in [0.4, 0.5) is 5.95 Å². The lowest BCUT2D eigenvalue weighted by molar-refractivity contribution is -0.150. The maximum absolute atomic E-state index is 14.3. The molecule has 4 aromatic heterocycles. The molecule has 16 nitrogen and oxygen atoms in total. The Morgan fingerprint density at radius 1 is 0.958 bits per heavy atom. The van der Waals surface area contributed by atoms with Gasteiger partial charge in [0.25, 0.3) is 0 Å². The quantitative estimate of drug-likeness (QED) is 0.0873. The minimum Gasteiger partial charge on any atom is -0.507 e. The number of phenolic OH excluding ortho intramolecular Hbond substituents is 1. The lowest BCUT2D eigenvalue weighted by Gasteiger charge is -2.60. The monoisotopic (exact) mass is 991 g/mol. The number of aromatic amines is 1. The lowest BCUT2D eigenvalue weighted by Crippen LogP contribution is -2.62. The summed E-state index contributed by atoms with van der Waals surface area (Å²) in [5.74, 6) is 0.353. The van der Waals surface area contributed by atoms with E-state index in [2.05, 4.69) is 53.6 Å². The third kappa shape index (κ3) is 9.12. The largest absolute Gasteiger partial charge is 0.507 e. The molecule has 3 aliphatic heterocycles. The number of aromatic hydroxyl groups is 1. The van der Waals surface area contributed by atoms with Crippen molar-refractivity contribution >= 4 is 46.0 Å². The van der Waals surface area contributed by atoms with Gasteiger partial charge in [0.05, 0.1) is 33.9 Å². The first-order chi connectivity index (χ1) is 34.6. The Bertz CT molecular complexity index is 3000. The number of fused-ring (bicyclic) bond motifs is 3. The molecule has 7 heterocycles. The van der Waals surface area contributed by atoms with Gasteiger partial charge in [0, 0.05) is 84.5 Å². The van der Waals surface area contributed by atoms with Gasteiger partial charge in [0.2, 0.25) is 23.7 Å². The number of H-pyrrole nitrogens is 1. The first-order valence-electron chi connectivity index (χ1n) is 25.7. The topological polar surface area (TPSA) is 206 Å². The molecule has 4 atom stereocenters. The van der Waals surface area contributed by atoms with Crippen LogP contribution in [-0.2, 0) is 27.3 Å². The first kappa shape index (κ1) is 48.0. The third-order valence-corrected chi connectivity index (χ3v) is 17.5. The number of thiazole rings is 1. The van der Waals surface area contributed by atoms with Crippen LogP contribution in [0.25, 0.3) is 32.7 Å². The van der Waals surface area contributed by atoms with Crippen molar-refractivity contribution in [2.75, 3.05) is 31.1 Å². The van der Waals surface area contributed by atoms with Crippen LogP contribution in [0.15, 0.2) is 72.4 Å². The molecule has 0 bridgehead atoms. The van der Waals surface area contributed by atoms with E-state index in [0.717, 1.165) is 115 Å². The number of hydrogen-bond acceptors (Lipinski definition) is 13. The van der Waals surface area contributed by atoms with Crippen molar-refractivity contribution in [2.24, 2.45) is 16.7 Å². The van der Waals surface area contributed by atoms with Crippen LogP contribution < -0.4 is 15.5 Å². The van der Waals surface area contributed by atoms with Crippen LogP contribution >= 0.6 is 11.3 Å². The smallest absolute Gasteiger partial charge is 0.246 e. The second-order valence-electron chi connectivity index (χ2n) is 22.3. The number of aliphatic hydroxyl groups excluding tert-OH is 1. The molecule has 5 aliphatic rings. The van der Waals surface area contributed by atoms with E-state index in [-0.39, 0.29) is 53.8 Å². The Kier molecular flexibility index (Phi) is 12.6. The van der Waals surface area contributed by atoms with E-state index in [9.17, 15) is 24.6 Å². The second kappa shape index (κ2) is 19.0. The zero-order chi connectivity index (χ0) is 50.1. The van der Waals surface area contributed by atoms with Crippen molar-refractivity contribution in [2.45, 2.75) is 129 Å². The summed E-state index contributed by atoms with van der Waals surface area (Å²) in [4.78, 5) is 67.2. The minimum absolute atomic E-state index is 0.00447. The number of β-amino-alcohol motifs (C(OH)–C–C–N with tert-alkyl or cyclic N) is 1. The number of carbonyl (C=O) groups excluding carboxylic acids is 3. The predicted octanol–water partition coefficient (Wildman–Crippen LogP) is 7.22. The van der Waals surface area contributed by atoms with Gasteiger partial charge in [-0.2, -0.15) is 0 Å². The summed E-state index contributed by atoms with van der Waals surface area (Å²) in [6.07, 6.45) is 7.89. The first-order valence-corrected chi connectivity index (χ1v) is 26.6. The summed E-state index contributed by atoms with van der Waals surface area (Å²) in [7, 11) is 0. The van der Waals surface area contributed by atoms with Crippen molar-refractivity contribution in [3.8, 4) is 27.4 Å².